The first kappa shape index (κ1) is 19.4. The molecule has 0 spiro atoms. The standard InChI is InChI=1S/C23H25FN4O/c1-26(2)23(29)28-14-19-13-27(12-17-6-3-5-16(9-17)11-25)15-21(19)22(28)18-7-4-8-20(24)10-18/h3-10,19,21-22H,12-15H2,1-2H3/t19-,21-,22-/m1/s1. The van der Waals surface area contributed by atoms with Gasteiger partial charge in [-0.15, -0.1) is 0 Å². The van der Waals surface area contributed by atoms with Crippen molar-refractivity contribution in [3.05, 3.63) is 71.0 Å². The molecule has 2 aliphatic heterocycles. The van der Waals surface area contributed by atoms with E-state index < -0.39 is 0 Å². The van der Waals surface area contributed by atoms with Crippen molar-refractivity contribution in [2.24, 2.45) is 11.8 Å². The second-order valence-electron chi connectivity index (χ2n) is 8.26. The maximum atomic E-state index is 13.9. The number of halogens is 1. The van der Waals surface area contributed by atoms with Crippen LogP contribution in [-0.4, -0.2) is 54.5 Å². The van der Waals surface area contributed by atoms with E-state index in [1.54, 1.807) is 31.1 Å². The van der Waals surface area contributed by atoms with Gasteiger partial charge in [-0.3, -0.25) is 4.90 Å². The lowest BCUT2D eigenvalue weighted by Gasteiger charge is -2.32. The lowest BCUT2D eigenvalue weighted by Crippen LogP contribution is -2.41. The summed E-state index contributed by atoms with van der Waals surface area (Å²) in [5.74, 6) is 0.345. The fourth-order valence-electron chi connectivity index (χ4n) is 4.84. The van der Waals surface area contributed by atoms with Gasteiger partial charge in [-0.1, -0.05) is 24.3 Å². The van der Waals surface area contributed by atoms with Crippen molar-refractivity contribution in [1.82, 2.24) is 14.7 Å². The molecule has 0 aliphatic carbocycles. The molecule has 5 nitrogen and oxygen atoms in total. The number of urea groups is 1. The number of fused-ring (bicyclic) bond motifs is 1. The Morgan fingerprint density at radius 1 is 1.17 bits per heavy atom. The summed E-state index contributed by atoms with van der Waals surface area (Å²) in [6.45, 7) is 3.20. The number of amides is 2. The number of rotatable bonds is 3. The van der Waals surface area contributed by atoms with E-state index in [0.717, 1.165) is 30.8 Å². The van der Waals surface area contributed by atoms with Crippen molar-refractivity contribution in [3.8, 4) is 6.07 Å². The number of nitrogens with zero attached hydrogens (tertiary/aromatic N) is 4. The number of nitriles is 1. The molecule has 2 aromatic rings. The van der Waals surface area contributed by atoms with Crippen molar-refractivity contribution >= 4 is 6.03 Å². The first-order valence-corrected chi connectivity index (χ1v) is 9.91. The summed E-state index contributed by atoms with van der Waals surface area (Å²) in [5.41, 5.74) is 2.65. The van der Waals surface area contributed by atoms with E-state index >= 15 is 0 Å². The molecule has 0 radical (unpaired) electrons. The highest BCUT2D eigenvalue weighted by molar-refractivity contribution is 5.75. The van der Waals surface area contributed by atoms with Crippen LogP contribution in [0.5, 0.6) is 0 Å². The normalized spacial score (nSPS) is 23.7. The van der Waals surface area contributed by atoms with Gasteiger partial charge in [0, 0.05) is 46.2 Å². The Labute approximate surface area is 170 Å². The summed E-state index contributed by atoms with van der Waals surface area (Å²) < 4.78 is 13.9. The van der Waals surface area contributed by atoms with Crippen LogP contribution in [0.15, 0.2) is 48.5 Å². The van der Waals surface area contributed by atoms with Crippen LogP contribution in [0.4, 0.5) is 9.18 Å². The average Bonchev–Trinajstić information content (AvgIpc) is 3.24. The Bertz CT molecular complexity index is 954. The summed E-state index contributed by atoms with van der Waals surface area (Å²) >= 11 is 0. The Balaban J connectivity index is 1.57. The highest BCUT2D eigenvalue weighted by Gasteiger charge is 2.49. The predicted octanol–water partition coefficient (Wildman–Crippen LogP) is 3.48. The van der Waals surface area contributed by atoms with Crippen molar-refractivity contribution < 1.29 is 9.18 Å². The van der Waals surface area contributed by atoms with Crippen LogP contribution in [0.1, 0.15) is 22.7 Å². The molecule has 2 aromatic carbocycles. The lowest BCUT2D eigenvalue weighted by atomic mass is 9.89. The number of carbonyl (C=O) groups excluding carboxylic acids is 1. The molecule has 6 heteroatoms. The van der Waals surface area contributed by atoms with Gasteiger partial charge in [0.1, 0.15) is 5.82 Å². The van der Waals surface area contributed by atoms with Crippen molar-refractivity contribution in [2.45, 2.75) is 12.6 Å². The van der Waals surface area contributed by atoms with E-state index in [-0.39, 0.29) is 23.8 Å². The molecule has 0 aromatic heterocycles. The molecule has 150 valence electrons. The molecule has 2 saturated heterocycles. The van der Waals surface area contributed by atoms with E-state index in [2.05, 4.69) is 11.0 Å². The molecule has 2 amide bonds. The maximum Gasteiger partial charge on any atom is 0.320 e. The van der Waals surface area contributed by atoms with Gasteiger partial charge in [0.05, 0.1) is 17.7 Å². The Hall–Kier alpha value is -2.91. The minimum absolute atomic E-state index is 0.0260. The number of hydrogen-bond donors (Lipinski definition) is 0. The third-order valence-electron chi connectivity index (χ3n) is 6.02. The highest BCUT2D eigenvalue weighted by Crippen LogP contribution is 2.45. The average molecular weight is 392 g/mol. The third-order valence-corrected chi connectivity index (χ3v) is 6.02. The number of benzene rings is 2. The zero-order valence-electron chi connectivity index (χ0n) is 16.8. The van der Waals surface area contributed by atoms with E-state index in [9.17, 15) is 9.18 Å². The molecule has 0 N–H and O–H groups in total. The topological polar surface area (TPSA) is 50.6 Å². The van der Waals surface area contributed by atoms with Gasteiger partial charge in [-0.2, -0.15) is 5.26 Å². The SMILES string of the molecule is CN(C)C(=O)N1C[C@H]2CN(Cc3cccc(C#N)c3)C[C@H]2[C@H]1c1cccc(F)c1. The largest absolute Gasteiger partial charge is 0.331 e. The molecular formula is C23H25FN4O. The van der Waals surface area contributed by atoms with E-state index in [4.69, 9.17) is 5.26 Å². The van der Waals surface area contributed by atoms with Crippen LogP contribution >= 0.6 is 0 Å². The van der Waals surface area contributed by atoms with Gasteiger partial charge in [0.15, 0.2) is 0 Å². The lowest BCUT2D eigenvalue weighted by molar-refractivity contribution is 0.151. The molecule has 0 saturated carbocycles. The van der Waals surface area contributed by atoms with Gasteiger partial charge in [-0.05, 0) is 41.3 Å². The van der Waals surface area contributed by atoms with Gasteiger partial charge in [0.2, 0.25) is 0 Å². The summed E-state index contributed by atoms with van der Waals surface area (Å²) in [4.78, 5) is 18.7. The summed E-state index contributed by atoms with van der Waals surface area (Å²) in [6.07, 6.45) is 0. The summed E-state index contributed by atoms with van der Waals surface area (Å²) in [5, 5.41) is 9.13. The number of likely N-dealkylation sites (tertiary alicyclic amines) is 2. The second kappa shape index (κ2) is 7.84. The van der Waals surface area contributed by atoms with Crippen LogP contribution in [0.25, 0.3) is 0 Å². The molecule has 3 atom stereocenters. The molecule has 2 aliphatic rings. The Morgan fingerprint density at radius 2 is 1.97 bits per heavy atom. The Kier molecular flexibility index (Phi) is 5.25. The Morgan fingerprint density at radius 3 is 2.69 bits per heavy atom. The van der Waals surface area contributed by atoms with Crippen LogP contribution in [0, 0.1) is 29.0 Å². The predicted molar refractivity (Wildman–Crippen MR) is 108 cm³/mol. The number of carbonyl (C=O) groups is 1. The van der Waals surface area contributed by atoms with Crippen LogP contribution in [0.2, 0.25) is 0 Å². The van der Waals surface area contributed by atoms with Crippen molar-refractivity contribution in [2.75, 3.05) is 33.7 Å². The molecule has 29 heavy (non-hydrogen) atoms. The zero-order valence-corrected chi connectivity index (χ0v) is 16.8. The minimum atomic E-state index is -0.272. The monoisotopic (exact) mass is 392 g/mol. The first-order chi connectivity index (χ1) is 14.0. The van der Waals surface area contributed by atoms with E-state index in [1.807, 2.05) is 35.2 Å². The molecule has 2 heterocycles. The molecule has 2 fully saturated rings. The van der Waals surface area contributed by atoms with Crippen molar-refractivity contribution in [1.29, 1.82) is 5.26 Å². The van der Waals surface area contributed by atoms with Gasteiger partial charge < -0.3 is 9.80 Å². The van der Waals surface area contributed by atoms with Crippen LogP contribution in [0.3, 0.4) is 0 Å². The van der Waals surface area contributed by atoms with Crippen LogP contribution < -0.4 is 0 Å². The molecule has 0 bridgehead atoms. The number of hydrogen-bond acceptors (Lipinski definition) is 3. The van der Waals surface area contributed by atoms with E-state index in [0.29, 0.717) is 18.0 Å². The molecular weight excluding hydrogens is 367 g/mol. The quantitative estimate of drug-likeness (QED) is 0.804. The molecule has 0 unspecified atom stereocenters. The smallest absolute Gasteiger partial charge is 0.320 e. The fraction of sp³-hybridized carbons (Fsp3) is 0.391. The van der Waals surface area contributed by atoms with Crippen molar-refractivity contribution in [3.63, 3.8) is 0 Å². The third kappa shape index (κ3) is 3.83. The van der Waals surface area contributed by atoms with Gasteiger partial charge in [0.25, 0.3) is 0 Å². The first-order valence-electron chi connectivity index (χ1n) is 9.91. The van der Waals surface area contributed by atoms with E-state index in [1.165, 1.54) is 6.07 Å². The maximum absolute atomic E-state index is 13.9. The summed E-state index contributed by atoms with van der Waals surface area (Å²) in [6, 6.07) is 16.4. The molecule has 4 rings (SSSR count). The summed E-state index contributed by atoms with van der Waals surface area (Å²) in [7, 11) is 3.51. The highest BCUT2D eigenvalue weighted by atomic mass is 19.1. The minimum Gasteiger partial charge on any atom is -0.331 e. The van der Waals surface area contributed by atoms with Gasteiger partial charge >= 0.3 is 6.03 Å². The second-order valence-corrected chi connectivity index (χ2v) is 8.26. The fourth-order valence-corrected chi connectivity index (χ4v) is 4.84. The van der Waals surface area contributed by atoms with Gasteiger partial charge in [-0.25, -0.2) is 9.18 Å². The van der Waals surface area contributed by atoms with Crippen LogP contribution in [-0.2, 0) is 6.54 Å². The zero-order chi connectivity index (χ0) is 20.5.